The van der Waals surface area contributed by atoms with Crippen molar-refractivity contribution >= 4 is 34.2 Å². The van der Waals surface area contributed by atoms with E-state index in [0.29, 0.717) is 28.1 Å². The monoisotopic (exact) mass is 456 g/mol. The molecule has 4 aromatic rings. The molecule has 0 saturated heterocycles. The van der Waals surface area contributed by atoms with Crippen molar-refractivity contribution in [3.05, 3.63) is 77.6 Å². The summed E-state index contributed by atoms with van der Waals surface area (Å²) in [5.41, 5.74) is 6.58. The van der Waals surface area contributed by atoms with Gasteiger partial charge in [-0.05, 0) is 79.1 Å². The molecule has 0 amide bonds. The first-order valence-electron chi connectivity index (χ1n) is 11.2. The van der Waals surface area contributed by atoms with Crippen molar-refractivity contribution in [2.24, 2.45) is 0 Å². The maximum absolute atomic E-state index is 13.7. The van der Waals surface area contributed by atoms with Crippen molar-refractivity contribution in [2.45, 2.75) is 12.8 Å². The van der Waals surface area contributed by atoms with E-state index < -0.39 is 5.97 Å². The zero-order valence-corrected chi connectivity index (χ0v) is 19.4. The SMILES string of the molecule is COC(=O)c1ccc2nc(-c3ccc(F)cc3)c(N3CCCc4cc(N(C)C)ccc43)nc2c1. The van der Waals surface area contributed by atoms with Gasteiger partial charge in [0.25, 0.3) is 0 Å². The zero-order chi connectivity index (χ0) is 23.8. The summed E-state index contributed by atoms with van der Waals surface area (Å²) in [4.78, 5) is 26.3. The molecule has 3 aromatic carbocycles. The van der Waals surface area contributed by atoms with Gasteiger partial charge in [0.15, 0.2) is 5.82 Å². The minimum atomic E-state index is -0.424. The highest BCUT2D eigenvalue weighted by molar-refractivity contribution is 5.95. The van der Waals surface area contributed by atoms with Gasteiger partial charge in [-0.1, -0.05) is 0 Å². The van der Waals surface area contributed by atoms with E-state index in [9.17, 15) is 9.18 Å². The molecule has 172 valence electrons. The van der Waals surface area contributed by atoms with Crippen molar-refractivity contribution in [1.29, 1.82) is 0 Å². The number of hydrogen-bond donors (Lipinski definition) is 0. The highest BCUT2D eigenvalue weighted by Gasteiger charge is 2.24. The summed E-state index contributed by atoms with van der Waals surface area (Å²) in [6.07, 6.45) is 1.95. The fraction of sp³-hybridized carbons (Fsp3) is 0.222. The summed E-state index contributed by atoms with van der Waals surface area (Å²) in [6.45, 7) is 0.777. The van der Waals surface area contributed by atoms with Gasteiger partial charge in [-0.2, -0.15) is 0 Å². The Kier molecular flexibility index (Phi) is 5.61. The van der Waals surface area contributed by atoms with Gasteiger partial charge in [0.2, 0.25) is 0 Å². The minimum absolute atomic E-state index is 0.304. The Balaban J connectivity index is 1.72. The average molecular weight is 457 g/mol. The lowest BCUT2D eigenvalue weighted by molar-refractivity contribution is 0.0601. The van der Waals surface area contributed by atoms with Crippen LogP contribution in [-0.4, -0.2) is 43.7 Å². The van der Waals surface area contributed by atoms with Crippen LogP contribution >= 0.6 is 0 Å². The van der Waals surface area contributed by atoms with Crippen LogP contribution in [-0.2, 0) is 11.2 Å². The Morgan fingerprint density at radius 3 is 2.53 bits per heavy atom. The smallest absolute Gasteiger partial charge is 0.337 e. The van der Waals surface area contributed by atoms with E-state index in [1.807, 2.05) is 14.1 Å². The van der Waals surface area contributed by atoms with E-state index >= 15 is 0 Å². The quantitative estimate of drug-likeness (QED) is 0.385. The van der Waals surface area contributed by atoms with Gasteiger partial charge in [-0.3, -0.25) is 0 Å². The number of esters is 1. The van der Waals surface area contributed by atoms with Crippen molar-refractivity contribution in [2.75, 3.05) is 37.5 Å². The molecule has 0 aliphatic carbocycles. The third-order valence-electron chi connectivity index (χ3n) is 6.14. The lowest BCUT2D eigenvalue weighted by Gasteiger charge is -2.32. The summed E-state index contributed by atoms with van der Waals surface area (Å²) in [6, 6.07) is 17.9. The molecule has 34 heavy (non-hydrogen) atoms. The van der Waals surface area contributed by atoms with Gasteiger partial charge >= 0.3 is 5.97 Å². The Morgan fingerprint density at radius 2 is 1.79 bits per heavy atom. The number of anilines is 3. The molecule has 1 aromatic heterocycles. The highest BCUT2D eigenvalue weighted by Crippen LogP contribution is 2.39. The summed E-state index contributed by atoms with van der Waals surface area (Å²) >= 11 is 0. The van der Waals surface area contributed by atoms with E-state index in [-0.39, 0.29) is 5.82 Å². The van der Waals surface area contributed by atoms with Gasteiger partial charge in [0.05, 0.1) is 23.7 Å². The van der Waals surface area contributed by atoms with Crippen LogP contribution in [0.1, 0.15) is 22.3 Å². The molecular formula is C27H25FN4O2. The van der Waals surface area contributed by atoms with E-state index in [4.69, 9.17) is 14.7 Å². The van der Waals surface area contributed by atoms with Gasteiger partial charge in [-0.15, -0.1) is 0 Å². The van der Waals surface area contributed by atoms with Crippen molar-refractivity contribution < 1.29 is 13.9 Å². The number of nitrogens with zero attached hydrogens (tertiary/aromatic N) is 4. The molecule has 0 saturated carbocycles. The van der Waals surface area contributed by atoms with E-state index in [1.54, 1.807) is 30.3 Å². The molecule has 0 radical (unpaired) electrons. The van der Waals surface area contributed by atoms with Crippen LogP contribution in [0.4, 0.5) is 21.6 Å². The second kappa shape index (κ2) is 8.74. The summed E-state index contributed by atoms with van der Waals surface area (Å²) < 4.78 is 18.5. The molecule has 7 heteroatoms. The van der Waals surface area contributed by atoms with E-state index in [0.717, 1.165) is 36.3 Å². The summed E-state index contributed by atoms with van der Waals surface area (Å²) in [5.74, 6) is -0.0478. The number of halogens is 1. The first-order chi connectivity index (χ1) is 16.4. The van der Waals surface area contributed by atoms with Gasteiger partial charge in [0, 0.05) is 37.6 Å². The molecule has 5 rings (SSSR count). The number of benzene rings is 3. The van der Waals surface area contributed by atoms with Gasteiger partial charge < -0.3 is 14.5 Å². The Bertz CT molecular complexity index is 1390. The number of carbonyl (C=O) groups excluding carboxylic acids is 1. The van der Waals surface area contributed by atoms with Crippen molar-refractivity contribution in [1.82, 2.24) is 9.97 Å². The number of aromatic nitrogens is 2. The predicted molar refractivity (Wildman–Crippen MR) is 132 cm³/mol. The molecule has 0 atom stereocenters. The fourth-order valence-corrected chi connectivity index (χ4v) is 4.36. The van der Waals surface area contributed by atoms with Gasteiger partial charge in [0.1, 0.15) is 11.5 Å². The van der Waals surface area contributed by atoms with Gasteiger partial charge in [-0.25, -0.2) is 19.2 Å². The second-order valence-corrected chi connectivity index (χ2v) is 8.56. The summed E-state index contributed by atoms with van der Waals surface area (Å²) in [5, 5.41) is 0. The normalized spacial score (nSPS) is 13.0. The largest absolute Gasteiger partial charge is 0.465 e. The first-order valence-corrected chi connectivity index (χ1v) is 11.2. The Morgan fingerprint density at radius 1 is 1.00 bits per heavy atom. The third-order valence-corrected chi connectivity index (χ3v) is 6.14. The number of aryl methyl sites for hydroxylation is 1. The van der Waals surface area contributed by atoms with Crippen LogP contribution in [0.3, 0.4) is 0 Å². The van der Waals surface area contributed by atoms with Crippen molar-refractivity contribution in [3.8, 4) is 11.3 Å². The molecule has 0 bridgehead atoms. The van der Waals surface area contributed by atoms with Crippen molar-refractivity contribution in [3.63, 3.8) is 0 Å². The molecule has 1 aliphatic rings. The number of carbonyl (C=O) groups is 1. The molecule has 6 nitrogen and oxygen atoms in total. The third kappa shape index (κ3) is 3.94. The minimum Gasteiger partial charge on any atom is -0.465 e. The first kappa shape index (κ1) is 21.8. The van der Waals surface area contributed by atoms with Crippen LogP contribution in [0, 0.1) is 5.82 Å². The number of rotatable bonds is 4. The van der Waals surface area contributed by atoms with Crippen LogP contribution < -0.4 is 9.80 Å². The van der Waals surface area contributed by atoms with E-state index in [2.05, 4.69) is 28.0 Å². The topological polar surface area (TPSA) is 58.6 Å². The summed E-state index contributed by atoms with van der Waals surface area (Å²) in [7, 11) is 5.42. The molecule has 0 spiro atoms. The predicted octanol–water partition coefficient (Wildman–Crippen LogP) is 5.37. The van der Waals surface area contributed by atoms with E-state index in [1.165, 1.54) is 24.8 Å². The van der Waals surface area contributed by atoms with Crippen LogP contribution in [0.2, 0.25) is 0 Å². The maximum atomic E-state index is 13.7. The molecule has 0 fully saturated rings. The molecule has 2 heterocycles. The maximum Gasteiger partial charge on any atom is 0.337 e. The van der Waals surface area contributed by atoms with Crippen LogP contribution in [0.5, 0.6) is 0 Å². The standard InChI is InChI=1S/C27H25FN4O2/c1-31(2)21-11-13-24-18(15-21)5-4-14-32(24)26-25(17-6-9-20(28)10-7-17)29-22-12-8-19(27(33)34-3)16-23(22)30-26/h6-13,15-16H,4-5,14H2,1-3H3. The number of hydrogen-bond acceptors (Lipinski definition) is 6. The number of fused-ring (bicyclic) bond motifs is 2. The molecular weight excluding hydrogens is 431 g/mol. The Hall–Kier alpha value is -4.00. The molecule has 0 unspecified atom stereocenters. The average Bonchev–Trinajstić information content (AvgIpc) is 2.86. The number of methoxy groups -OCH3 is 1. The molecule has 1 aliphatic heterocycles. The van der Waals surface area contributed by atoms with Crippen LogP contribution in [0.15, 0.2) is 60.7 Å². The second-order valence-electron chi connectivity index (χ2n) is 8.56. The zero-order valence-electron chi connectivity index (χ0n) is 19.4. The Labute approximate surface area is 197 Å². The lowest BCUT2D eigenvalue weighted by Crippen LogP contribution is -2.26. The van der Waals surface area contributed by atoms with Crippen LogP contribution in [0.25, 0.3) is 22.3 Å². The fourth-order valence-electron chi connectivity index (χ4n) is 4.36. The number of ether oxygens (including phenoxy) is 1. The molecule has 0 N–H and O–H groups in total. The highest BCUT2D eigenvalue weighted by atomic mass is 19.1. The lowest BCUT2D eigenvalue weighted by atomic mass is 10.00.